The van der Waals surface area contributed by atoms with Gasteiger partial charge in [-0.2, -0.15) is 4.31 Å². The maximum absolute atomic E-state index is 13.2. The molecule has 1 aliphatic heterocycles. The van der Waals surface area contributed by atoms with Gasteiger partial charge in [-0.15, -0.1) is 11.3 Å². The lowest BCUT2D eigenvalue weighted by Crippen LogP contribution is -2.42. The van der Waals surface area contributed by atoms with Gasteiger partial charge < -0.3 is 0 Å². The molecule has 4 nitrogen and oxygen atoms in total. The van der Waals surface area contributed by atoms with E-state index in [9.17, 15) is 8.42 Å². The Balaban J connectivity index is 1.64. The van der Waals surface area contributed by atoms with Gasteiger partial charge in [0.1, 0.15) is 5.01 Å². The SMILES string of the molecule is C[C@@H]1C[C@H](C)CN(S(=O)(=O)c2cccc(-c3csc(-c4ccccc4)n3)c2)C1. The van der Waals surface area contributed by atoms with Crippen LogP contribution in [0, 0.1) is 11.8 Å². The number of piperidine rings is 1. The molecule has 2 heterocycles. The molecule has 1 fully saturated rings. The van der Waals surface area contributed by atoms with Crippen molar-refractivity contribution < 1.29 is 8.42 Å². The topological polar surface area (TPSA) is 50.3 Å². The summed E-state index contributed by atoms with van der Waals surface area (Å²) in [5, 5.41) is 2.92. The van der Waals surface area contributed by atoms with Crippen molar-refractivity contribution in [2.75, 3.05) is 13.1 Å². The lowest BCUT2D eigenvalue weighted by Gasteiger charge is -2.34. The van der Waals surface area contributed by atoms with Crippen molar-refractivity contribution in [3.05, 3.63) is 60.0 Å². The second kappa shape index (κ2) is 7.78. The highest BCUT2D eigenvalue weighted by Gasteiger charge is 2.31. The Hall–Kier alpha value is -2.02. The van der Waals surface area contributed by atoms with E-state index in [1.54, 1.807) is 33.8 Å². The van der Waals surface area contributed by atoms with E-state index in [4.69, 9.17) is 4.98 Å². The molecule has 0 radical (unpaired) electrons. The number of hydrogen-bond donors (Lipinski definition) is 0. The van der Waals surface area contributed by atoms with E-state index in [0.29, 0.717) is 29.8 Å². The summed E-state index contributed by atoms with van der Waals surface area (Å²) >= 11 is 1.57. The molecular formula is C22H24N2O2S2. The third-order valence-electron chi connectivity index (χ3n) is 5.13. The van der Waals surface area contributed by atoms with Crippen molar-refractivity contribution in [1.29, 1.82) is 0 Å². The Bertz CT molecular complexity index is 1050. The van der Waals surface area contributed by atoms with Gasteiger partial charge in [0.25, 0.3) is 0 Å². The van der Waals surface area contributed by atoms with Gasteiger partial charge in [-0.3, -0.25) is 0 Å². The quantitative estimate of drug-likeness (QED) is 0.596. The zero-order chi connectivity index (χ0) is 19.7. The highest BCUT2D eigenvalue weighted by Crippen LogP contribution is 2.31. The second-order valence-corrected chi connectivity index (χ2v) is 10.5. The number of hydrogen-bond acceptors (Lipinski definition) is 4. The van der Waals surface area contributed by atoms with Gasteiger partial charge in [-0.25, -0.2) is 13.4 Å². The van der Waals surface area contributed by atoms with Gasteiger partial charge in [-0.1, -0.05) is 56.3 Å². The minimum Gasteiger partial charge on any atom is -0.236 e. The fraction of sp³-hybridized carbons (Fsp3) is 0.318. The molecule has 0 N–H and O–H groups in total. The Morgan fingerprint density at radius 2 is 1.64 bits per heavy atom. The summed E-state index contributed by atoms with van der Waals surface area (Å²) in [6.07, 6.45) is 1.08. The van der Waals surface area contributed by atoms with Gasteiger partial charge in [0.05, 0.1) is 10.6 Å². The van der Waals surface area contributed by atoms with Crippen molar-refractivity contribution in [2.45, 2.75) is 25.2 Å². The summed E-state index contributed by atoms with van der Waals surface area (Å²) in [6.45, 7) is 5.42. The molecule has 28 heavy (non-hydrogen) atoms. The van der Waals surface area contributed by atoms with Gasteiger partial charge in [0.2, 0.25) is 10.0 Å². The van der Waals surface area contributed by atoms with Crippen molar-refractivity contribution in [3.63, 3.8) is 0 Å². The number of nitrogens with zero attached hydrogens (tertiary/aromatic N) is 2. The molecule has 2 aromatic carbocycles. The first-order chi connectivity index (χ1) is 13.4. The standard InChI is InChI=1S/C22H24N2O2S2/c1-16-11-17(2)14-24(13-16)28(25,26)20-10-6-9-19(12-20)21-15-27-22(23-21)18-7-4-3-5-8-18/h3-10,12,15-17H,11,13-14H2,1-2H3/t16-,17+. The van der Waals surface area contributed by atoms with Crippen LogP contribution < -0.4 is 0 Å². The molecule has 2 atom stereocenters. The van der Waals surface area contributed by atoms with Gasteiger partial charge >= 0.3 is 0 Å². The van der Waals surface area contributed by atoms with Crippen LogP contribution in [0.15, 0.2) is 64.9 Å². The minimum absolute atomic E-state index is 0.348. The zero-order valence-corrected chi connectivity index (χ0v) is 17.7. The summed E-state index contributed by atoms with van der Waals surface area (Å²) < 4.78 is 28.0. The largest absolute Gasteiger partial charge is 0.243 e. The summed E-state index contributed by atoms with van der Waals surface area (Å²) in [7, 11) is -3.49. The van der Waals surface area contributed by atoms with Crippen molar-refractivity contribution in [2.24, 2.45) is 11.8 Å². The fourth-order valence-electron chi connectivity index (χ4n) is 3.89. The minimum atomic E-state index is -3.49. The normalized spacial score (nSPS) is 20.9. The Kier molecular flexibility index (Phi) is 5.36. The van der Waals surface area contributed by atoms with E-state index in [1.165, 1.54) is 0 Å². The van der Waals surface area contributed by atoms with Crippen LogP contribution in [0.2, 0.25) is 0 Å². The summed E-state index contributed by atoms with van der Waals surface area (Å²) in [5.74, 6) is 0.766. The van der Waals surface area contributed by atoms with Crippen LogP contribution in [0.1, 0.15) is 20.3 Å². The molecule has 0 spiro atoms. The average molecular weight is 413 g/mol. The van der Waals surface area contributed by atoms with Crippen LogP contribution >= 0.6 is 11.3 Å². The molecule has 0 aliphatic carbocycles. The first-order valence-corrected chi connectivity index (χ1v) is 11.9. The van der Waals surface area contributed by atoms with E-state index < -0.39 is 10.0 Å². The Morgan fingerprint density at radius 1 is 0.964 bits per heavy atom. The molecule has 1 aliphatic rings. The van der Waals surface area contributed by atoms with Crippen molar-refractivity contribution in [1.82, 2.24) is 9.29 Å². The molecule has 0 amide bonds. The molecular weight excluding hydrogens is 388 g/mol. The number of thiazole rings is 1. The summed E-state index contributed by atoms with van der Waals surface area (Å²) in [6, 6.07) is 17.2. The zero-order valence-electron chi connectivity index (χ0n) is 16.1. The van der Waals surface area contributed by atoms with Crippen LogP contribution in [0.3, 0.4) is 0 Å². The van der Waals surface area contributed by atoms with E-state index in [2.05, 4.69) is 13.8 Å². The van der Waals surface area contributed by atoms with E-state index in [0.717, 1.165) is 28.2 Å². The van der Waals surface area contributed by atoms with Crippen LogP contribution in [0.5, 0.6) is 0 Å². The molecule has 0 bridgehead atoms. The number of aromatic nitrogens is 1. The Morgan fingerprint density at radius 3 is 2.36 bits per heavy atom. The van der Waals surface area contributed by atoms with Crippen molar-refractivity contribution >= 4 is 21.4 Å². The number of rotatable bonds is 4. The predicted molar refractivity (Wildman–Crippen MR) is 115 cm³/mol. The summed E-state index contributed by atoms with van der Waals surface area (Å²) in [5.41, 5.74) is 2.71. The smallest absolute Gasteiger partial charge is 0.236 e. The fourth-order valence-corrected chi connectivity index (χ4v) is 6.45. The number of benzene rings is 2. The van der Waals surface area contributed by atoms with Crippen LogP contribution in [-0.2, 0) is 10.0 Å². The van der Waals surface area contributed by atoms with Gasteiger partial charge in [0, 0.05) is 29.6 Å². The molecule has 3 aromatic rings. The highest BCUT2D eigenvalue weighted by atomic mass is 32.2. The average Bonchev–Trinajstić information content (AvgIpc) is 3.18. The maximum Gasteiger partial charge on any atom is 0.243 e. The molecule has 6 heteroatoms. The molecule has 0 unspecified atom stereocenters. The lowest BCUT2D eigenvalue weighted by atomic mass is 9.94. The Labute approximate surface area is 170 Å². The van der Waals surface area contributed by atoms with Gasteiger partial charge in [-0.05, 0) is 30.4 Å². The highest BCUT2D eigenvalue weighted by molar-refractivity contribution is 7.89. The molecule has 146 valence electrons. The first kappa shape index (κ1) is 19.3. The van der Waals surface area contributed by atoms with E-state index in [1.807, 2.05) is 41.8 Å². The molecule has 4 rings (SSSR count). The van der Waals surface area contributed by atoms with Gasteiger partial charge in [0.15, 0.2) is 0 Å². The first-order valence-electron chi connectivity index (χ1n) is 9.55. The molecule has 0 saturated carbocycles. The monoisotopic (exact) mass is 412 g/mol. The van der Waals surface area contributed by atoms with Crippen molar-refractivity contribution in [3.8, 4) is 21.8 Å². The third kappa shape index (κ3) is 3.90. The van der Waals surface area contributed by atoms with Crippen LogP contribution in [0.25, 0.3) is 21.8 Å². The molecule has 1 saturated heterocycles. The maximum atomic E-state index is 13.2. The predicted octanol–water partition coefficient (Wildman–Crippen LogP) is 5.14. The van der Waals surface area contributed by atoms with E-state index >= 15 is 0 Å². The molecule has 1 aromatic heterocycles. The number of sulfonamides is 1. The second-order valence-electron chi connectivity index (χ2n) is 7.70. The van der Waals surface area contributed by atoms with E-state index in [-0.39, 0.29) is 0 Å². The van der Waals surface area contributed by atoms with Crippen LogP contribution in [0.4, 0.5) is 0 Å². The summed E-state index contributed by atoms with van der Waals surface area (Å²) in [4.78, 5) is 5.07. The third-order valence-corrected chi connectivity index (χ3v) is 7.85. The lowest BCUT2D eigenvalue weighted by molar-refractivity contribution is 0.222. The van der Waals surface area contributed by atoms with Crippen LogP contribution in [-0.4, -0.2) is 30.8 Å².